The third-order valence-electron chi connectivity index (χ3n) is 5.90. The molecule has 1 aromatic carbocycles. The molecule has 0 spiro atoms. The number of nitrogens with zero attached hydrogens (tertiary/aromatic N) is 1. The minimum atomic E-state index is 0.0112. The van der Waals surface area contributed by atoms with E-state index in [1.165, 1.54) is 16.9 Å². The zero-order valence-electron chi connectivity index (χ0n) is 16.9. The zero-order valence-corrected chi connectivity index (χ0v) is 17.8. The maximum Gasteiger partial charge on any atom is 0.261 e. The molecule has 5 nitrogen and oxygen atoms in total. The monoisotopic (exact) mass is 411 g/mol. The number of hydrogen-bond donors (Lipinski definition) is 2. The number of anilines is 1. The van der Waals surface area contributed by atoms with E-state index in [1.807, 2.05) is 30.3 Å². The Balaban J connectivity index is 1.23. The van der Waals surface area contributed by atoms with Crippen LogP contribution in [0.25, 0.3) is 0 Å². The summed E-state index contributed by atoms with van der Waals surface area (Å²) in [6.45, 7) is 4.33. The maximum absolute atomic E-state index is 12.7. The van der Waals surface area contributed by atoms with Crippen molar-refractivity contribution in [3.8, 4) is 0 Å². The lowest BCUT2D eigenvalue weighted by Crippen LogP contribution is -2.46. The van der Waals surface area contributed by atoms with Gasteiger partial charge in [0.05, 0.1) is 11.4 Å². The van der Waals surface area contributed by atoms with Gasteiger partial charge in [0.25, 0.3) is 5.91 Å². The Morgan fingerprint density at radius 2 is 1.90 bits per heavy atom. The summed E-state index contributed by atoms with van der Waals surface area (Å²) >= 11 is 1.67. The number of aryl methyl sites for hydroxylation is 1. The van der Waals surface area contributed by atoms with Crippen LogP contribution in [0.4, 0.5) is 5.69 Å². The summed E-state index contributed by atoms with van der Waals surface area (Å²) in [5, 5.41) is 6.15. The van der Waals surface area contributed by atoms with Crippen molar-refractivity contribution < 1.29 is 9.59 Å². The first-order valence-corrected chi connectivity index (χ1v) is 11.4. The molecule has 2 N–H and O–H groups in total. The van der Waals surface area contributed by atoms with E-state index >= 15 is 0 Å². The zero-order chi connectivity index (χ0) is 20.2. The second-order valence-corrected chi connectivity index (χ2v) is 9.48. The van der Waals surface area contributed by atoms with Gasteiger partial charge in [0.2, 0.25) is 5.91 Å². The van der Waals surface area contributed by atoms with Gasteiger partial charge in [-0.3, -0.25) is 14.5 Å². The average molecular weight is 412 g/mol. The van der Waals surface area contributed by atoms with Crippen molar-refractivity contribution in [2.45, 2.75) is 45.1 Å². The number of thiophene rings is 1. The molecule has 154 valence electrons. The molecule has 4 rings (SSSR count). The fourth-order valence-electron chi connectivity index (χ4n) is 4.23. The van der Waals surface area contributed by atoms with Crippen molar-refractivity contribution in [3.05, 3.63) is 51.7 Å². The number of carbonyl (C=O) groups excluding carboxylic acids is 2. The predicted octanol–water partition coefficient (Wildman–Crippen LogP) is 3.71. The quantitative estimate of drug-likeness (QED) is 0.789. The molecule has 1 aliphatic carbocycles. The molecule has 0 radical (unpaired) electrons. The maximum atomic E-state index is 12.7. The molecule has 6 heteroatoms. The van der Waals surface area contributed by atoms with E-state index in [-0.39, 0.29) is 17.9 Å². The van der Waals surface area contributed by atoms with E-state index in [2.05, 4.69) is 28.5 Å². The Labute approximate surface area is 176 Å². The topological polar surface area (TPSA) is 61.4 Å². The highest BCUT2D eigenvalue weighted by molar-refractivity contribution is 7.14. The van der Waals surface area contributed by atoms with E-state index in [1.54, 1.807) is 11.3 Å². The smallest absolute Gasteiger partial charge is 0.261 e. The van der Waals surface area contributed by atoms with Crippen molar-refractivity contribution in [1.29, 1.82) is 0 Å². The van der Waals surface area contributed by atoms with Crippen LogP contribution in [0.5, 0.6) is 0 Å². The molecule has 1 saturated heterocycles. The summed E-state index contributed by atoms with van der Waals surface area (Å²) < 4.78 is 0. The third kappa shape index (κ3) is 5.25. The van der Waals surface area contributed by atoms with E-state index in [4.69, 9.17) is 0 Å². The van der Waals surface area contributed by atoms with Crippen LogP contribution in [0.15, 0.2) is 36.4 Å². The van der Waals surface area contributed by atoms with Crippen LogP contribution in [0.1, 0.15) is 46.3 Å². The Morgan fingerprint density at radius 1 is 1.14 bits per heavy atom. The van der Waals surface area contributed by atoms with Crippen LogP contribution in [-0.2, 0) is 17.6 Å². The van der Waals surface area contributed by atoms with Gasteiger partial charge >= 0.3 is 0 Å². The molecule has 0 unspecified atom stereocenters. The Kier molecular flexibility index (Phi) is 6.31. The summed E-state index contributed by atoms with van der Waals surface area (Å²) in [6, 6.07) is 11.8. The number of hydrogen-bond acceptors (Lipinski definition) is 4. The Bertz CT molecular complexity index is 856. The fraction of sp³-hybridized carbons (Fsp3) is 0.478. The first-order chi connectivity index (χ1) is 14.1. The summed E-state index contributed by atoms with van der Waals surface area (Å²) in [5.41, 5.74) is 2.20. The van der Waals surface area contributed by atoms with Crippen LogP contribution >= 0.6 is 11.3 Å². The molecule has 2 aromatic rings. The Hall–Kier alpha value is -2.18. The molecule has 1 aliphatic heterocycles. The van der Waals surface area contributed by atoms with E-state index in [0.29, 0.717) is 6.54 Å². The van der Waals surface area contributed by atoms with Crippen LogP contribution in [-0.4, -0.2) is 42.4 Å². The van der Waals surface area contributed by atoms with Gasteiger partial charge in [0.1, 0.15) is 0 Å². The summed E-state index contributed by atoms with van der Waals surface area (Å²) in [7, 11) is 0. The molecule has 1 aromatic heterocycles. The molecular formula is C23H29N3O2S. The van der Waals surface area contributed by atoms with Gasteiger partial charge in [-0.2, -0.15) is 0 Å². The number of amides is 2. The molecule has 0 bridgehead atoms. The molecule has 2 amide bonds. The second kappa shape index (κ2) is 9.09. The number of likely N-dealkylation sites (tertiary alicyclic amines) is 1. The first kappa shape index (κ1) is 20.1. The Morgan fingerprint density at radius 3 is 2.66 bits per heavy atom. The minimum absolute atomic E-state index is 0.0112. The average Bonchev–Trinajstić information content (AvgIpc) is 3.13. The number of para-hydroxylation sites is 1. The molecule has 2 aliphatic rings. The number of benzene rings is 1. The number of rotatable bonds is 5. The third-order valence-corrected chi connectivity index (χ3v) is 7.14. The van der Waals surface area contributed by atoms with Gasteiger partial charge < -0.3 is 10.6 Å². The van der Waals surface area contributed by atoms with E-state index in [9.17, 15) is 9.59 Å². The summed E-state index contributed by atoms with van der Waals surface area (Å²) in [4.78, 5) is 29.3. The largest absolute Gasteiger partial charge is 0.349 e. The number of nitrogens with one attached hydrogen (secondary N) is 2. The lowest BCUT2D eigenvalue weighted by molar-refractivity contribution is -0.117. The first-order valence-electron chi connectivity index (χ1n) is 10.6. The molecule has 29 heavy (non-hydrogen) atoms. The van der Waals surface area contributed by atoms with Gasteiger partial charge in [0.15, 0.2) is 0 Å². The van der Waals surface area contributed by atoms with E-state index < -0.39 is 0 Å². The second-order valence-electron chi connectivity index (χ2n) is 8.35. The molecule has 1 atom stereocenters. The lowest BCUT2D eigenvalue weighted by Gasteiger charge is -2.31. The van der Waals surface area contributed by atoms with Gasteiger partial charge in [-0.05, 0) is 61.8 Å². The van der Waals surface area contributed by atoms with Crippen LogP contribution < -0.4 is 10.6 Å². The van der Waals surface area contributed by atoms with E-state index in [0.717, 1.165) is 55.3 Å². The molecule has 0 saturated carbocycles. The van der Waals surface area contributed by atoms with Crippen molar-refractivity contribution in [2.75, 3.05) is 25.0 Å². The molecule has 1 fully saturated rings. The van der Waals surface area contributed by atoms with Crippen molar-refractivity contribution in [3.63, 3.8) is 0 Å². The lowest BCUT2D eigenvalue weighted by atomic mass is 9.90. The molecular weight excluding hydrogens is 382 g/mol. The fourth-order valence-corrected chi connectivity index (χ4v) is 5.35. The predicted molar refractivity (Wildman–Crippen MR) is 118 cm³/mol. The molecule has 2 heterocycles. The van der Waals surface area contributed by atoms with Gasteiger partial charge in [0, 0.05) is 29.7 Å². The summed E-state index contributed by atoms with van der Waals surface area (Å²) in [6.07, 6.45) is 5.20. The van der Waals surface area contributed by atoms with Gasteiger partial charge in [-0.25, -0.2) is 0 Å². The van der Waals surface area contributed by atoms with Crippen LogP contribution in [0.2, 0.25) is 0 Å². The summed E-state index contributed by atoms with van der Waals surface area (Å²) in [5.74, 6) is 0.797. The normalized spacial score (nSPS) is 20.1. The van der Waals surface area contributed by atoms with Crippen molar-refractivity contribution >= 4 is 28.8 Å². The highest BCUT2D eigenvalue weighted by atomic mass is 32.1. The van der Waals surface area contributed by atoms with Crippen LogP contribution in [0, 0.1) is 5.92 Å². The van der Waals surface area contributed by atoms with Crippen molar-refractivity contribution in [2.24, 2.45) is 5.92 Å². The van der Waals surface area contributed by atoms with Crippen molar-refractivity contribution in [1.82, 2.24) is 10.2 Å². The number of fused-ring (bicyclic) bond motifs is 1. The SMILES string of the molecule is C[C@H]1CCc2sc(C(=O)NC3CCN(CC(=O)Nc4ccccc4)CC3)cc2C1. The van der Waals surface area contributed by atoms with Gasteiger partial charge in [-0.1, -0.05) is 25.1 Å². The highest BCUT2D eigenvalue weighted by Gasteiger charge is 2.25. The minimum Gasteiger partial charge on any atom is -0.349 e. The number of piperidine rings is 1. The van der Waals surface area contributed by atoms with Crippen LogP contribution in [0.3, 0.4) is 0 Å². The number of carbonyl (C=O) groups is 2. The highest BCUT2D eigenvalue weighted by Crippen LogP contribution is 2.32. The standard InChI is InChI=1S/C23H29N3O2S/c1-16-7-8-20-17(13-16)14-21(29-20)23(28)25-19-9-11-26(12-10-19)15-22(27)24-18-5-3-2-4-6-18/h2-6,14,16,19H,7-13,15H2,1H3,(H,24,27)(H,25,28)/t16-/m0/s1. The van der Waals surface area contributed by atoms with Gasteiger partial charge in [-0.15, -0.1) is 11.3 Å².